The van der Waals surface area contributed by atoms with E-state index in [1.165, 1.54) is 14.2 Å². The summed E-state index contributed by atoms with van der Waals surface area (Å²) in [6.07, 6.45) is 5.02. The molecule has 3 aromatic rings. The SMILES string of the molecule is COc1cc2[nH]cc(C(=O)NCc3ccncc3)c2c(OC)c1OC. The molecule has 2 N–H and O–H groups in total. The normalized spacial score (nSPS) is 10.5. The van der Waals surface area contributed by atoms with Crippen LogP contribution in [0.4, 0.5) is 0 Å². The number of fused-ring (bicyclic) bond motifs is 1. The fourth-order valence-corrected chi connectivity index (χ4v) is 2.72. The van der Waals surface area contributed by atoms with Crippen molar-refractivity contribution in [1.29, 1.82) is 0 Å². The molecule has 2 aromatic heterocycles. The zero-order valence-corrected chi connectivity index (χ0v) is 14.3. The third-order valence-electron chi connectivity index (χ3n) is 3.92. The fourth-order valence-electron chi connectivity index (χ4n) is 2.72. The number of benzene rings is 1. The standard InChI is InChI=1S/C18H19N3O4/c1-23-14-8-13-15(17(25-3)16(14)24-2)12(10-20-13)18(22)21-9-11-4-6-19-7-5-11/h4-8,10,20H,9H2,1-3H3,(H,21,22). The van der Waals surface area contributed by atoms with Gasteiger partial charge in [-0.3, -0.25) is 9.78 Å². The summed E-state index contributed by atoms with van der Waals surface area (Å²) in [4.78, 5) is 19.7. The van der Waals surface area contributed by atoms with Gasteiger partial charge in [0, 0.05) is 31.2 Å². The highest BCUT2D eigenvalue weighted by molar-refractivity contribution is 6.10. The van der Waals surface area contributed by atoms with Crippen molar-refractivity contribution in [3.8, 4) is 17.2 Å². The van der Waals surface area contributed by atoms with Crippen LogP contribution in [0, 0.1) is 0 Å². The molecule has 0 aliphatic rings. The molecule has 0 atom stereocenters. The molecule has 0 fully saturated rings. The smallest absolute Gasteiger partial charge is 0.253 e. The Balaban J connectivity index is 1.97. The molecule has 0 aliphatic heterocycles. The molecule has 0 unspecified atom stereocenters. The molecule has 0 spiro atoms. The molecule has 0 bridgehead atoms. The number of H-pyrrole nitrogens is 1. The molecule has 2 heterocycles. The topological polar surface area (TPSA) is 85.5 Å². The van der Waals surface area contributed by atoms with Gasteiger partial charge in [0.2, 0.25) is 5.75 Å². The predicted molar refractivity (Wildman–Crippen MR) is 93.4 cm³/mol. The summed E-state index contributed by atoms with van der Waals surface area (Å²) in [6.45, 7) is 0.406. The van der Waals surface area contributed by atoms with Gasteiger partial charge in [-0.05, 0) is 17.7 Å². The minimum atomic E-state index is -0.214. The lowest BCUT2D eigenvalue weighted by atomic mass is 10.1. The number of nitrogens with zero attached hydrogens (tertiary/aromatic N) is 1. The highest BCUT2D eigenvalue weighted by Crippen LogP contribution is 2.44. The predicted octanol–water partition coefficient (Wildman–Crippen LogP) is 2.52. The summed E-state index contributed by atoms with van der Waals surface area (Å²) >= 11 is 0. The van der Waals surface area contributed by atoms with E-state index in [9.17, 15) is 4.79 Å². The number of aromatic nitrogens is 2. The number of carbonyl (C=O) groups excluding carboxylic acids is 1. The van der Waals surface area contributed by atoms with Crippen molar-refractivity contribution in [3.63, 3.8) is 0 Å². The van der Waals surface area contributed by atoms with Crippen molar-refractivity contribution in [3.05, 3.63) is 47.9 Å². The van der Waals surface area contributed by atoms with Gasteiger partial charge in [-0.1, -0.05) is 0 Å². The number of ether oxygens (including phenoxy) is 3. The number of hydrogen-bond acceptors (Lipinski definition) is 5. The van der Waals surface area contributed by atoms with E-state index in [0.29, 0.717) is 34.7 Å². The van der Waals surface area contributed by atoms with Gasteiger partial charge in [-0.15, -0.1) is 0 Å². The minimum absolute atomic E-state index is 0.214. The van der Waals surface area contributed by atoms with Gasteiger partial charge in [0.1, 0.15) is 0 Å². The highest BCUT2D eigenvalue weighted by Gasteiger charge is 2.22. The Bertz CT molecular complexity index is 890. The van der Waals surface area contributed by atoms with E-state index < -0.39 is 0 Å². The maximum Gasteiger partial charge on any atom is 0.253 e. The van der Waals surface area contributed by atoms with Crippen molar-refractivity contribution >= 4 is 16.8 Å². The van der Waals surface area contributed by atoms with Crippen LogP contribution in [-0.2, 0) is 6.54 Å². The van der Waals surface area contributed by atoms with Crippen LogP contribution in [0.5, 0.6) is 17.2 Å². The summed E-state index contributed by atoms with van der Waals surface area (Å²) in [5.41, 5.74) is 2.17. The van der Waals surface area contributed by atoms with Gasteiger partial charge in [-0.2, -0.15) is 0 Å². The Morgan fingerprint density at radius 2 is 1.84 bits per heavy atom. The van der Waals surface area contributed by atoms with Gasteiger partial charge in [0.15, 0.2) is 11.5 Å². The Hall–Kier alpha value is -3.22. The number of aromatic amines is 1. The van der Waals surface area contributed by atoms with Gasteiger partial charge >= 0.3 is 0 Å². The molecule has 130 valence electrons. The summed E-state index contributed by atoms with van der Waals surface area (Å²) in [7, 11) is 4.61. The molecule has 1 aromatic carbocycles. The first-order valence-electron chi connectivity index (χ1n) is 7.66. The lowest BCUT2D eigenvalue weighted by Gasteiger charge is -2.14. The van der Waals surface area contributed by atoms with E-state index in [-0.39, 0.29) is 5.91 Å². The summed E-state index contributed by atoms with van der Waals surface area (Å²) < 4.78 is 16.2. The first-order chi connectivity index (χ1) is 12.2. The maximum absolute atomic E-state index is 12.6. The molecule has 0 radical (unpaired) electrons. The second-order valence-corrected chi connectivity index (χ2v) is 5.31. The van der Waals surface area contributed by atoms with Crippen LogP contribution in [0.1, 0.15) is 15.9 Å². The molecule has 1 amide bonds. The number of amides is 1. The van der Waals surface area contributed by atoms with Crippen molar-refractivity contribution in [2.45, 2.75) is 6.54 Å². The molecule has 0 saturated carbocycles. The zero-order chi connectivity index (χ0) is 17.8. The van der Waals surface area contributed by atoms with Crippen LogP contribution < -0.4 is 19.5 Å². The molecule has 0 aliphatic carbocycles. The average molecular weight is 341 g/mol. The van der Waals surface area contributed by atoms with Crippen LogP contribution in [0.25, 0.3) is 10.9 Å². The van der Waals surface area contributed by atoms with Crippen LogP contribution in [0.15, 0.2) is 36.8 Å². The quantitative estimate of drug-likeness (QED) is 0.719. The number of nitrogens with one attached hydrogen (secondary N) is 2. The van der Waals surface area contributed by atoms with Crippen LogP contribution in [0.3, 0.4) is 0 Å². The largest absolute Gasteiger partial charge is 0.493 e. The number of pyridine rings is 1. The Morgan fingerprint density at radius 3 is 2.48 bits per heavy atom. The maximum atomic E-state index is 12.6. The average Bonchev–Trinajstić information content (AvgIpc) is 3.08. The van der Waals surface area contributed by atoms with E-state index in [1.807, 2.05) is 12.1 Å². The fraction of sp³-hybridized carbons (Fsp3) is 0.222. The number of rotatable bonds is 6. The van der Waals surface area contributed by atoms with Crippen molar-refractivity contribution in [2.24, 2.45) is 0 Å². The molecular formula is C18H19N3O4. The Morgan fingerprint density at radius 1 is 1.12 bits per heavy atom. The molecule has 3 rings (SSSR count). The Kier molecular flexibility index (Phi) is 4.74. The lowest BCUT2D eigenvalue weighted by molar-refractivity contribution is 0.0952. The molecule has 7 nitrogen and oxygen atoms in total. The van der Waals surface area contributed by atoms with E-state index in [2.05, 4.69) is 15.3 Å². The van der Waals surface area contributed by atoms with E-state index in [1.54, 1.807) is 31.8 Å². The second kappa shape index (κ2) is 7.12. The number of hydrogen-bond donors (Lipinski definition) is 2. The molecule has 7 heteroatoms. The van der Waals surface area contributed by atoms with Crippen molar-refractivity contribution < 1.29 is 19.0 Å². The van der Waals surface area contributed by atoms with E-state index in [0.717, 1.165) is 11.1 Å². The monoisotopic (exact) mass is 341 g/mol. The third kappa shape index (κ3) is 3.08. The number of carbonyl (C=O) groups is 1. The molecule has 25 heavy (non-hydrogen) atoms. The van der Waals surface area contributed by atoms with Crippen molar-refractivity contribution in [2.75, 3.05) is 21.3 Å². The zero-order valence-electron chi connectivity index (χ0n) is 14.3. The van der Waals surface area contributed by atoms with Crippen molar-refractivity contribution in [1.82, 2.24) is 15.3 Å². The third-order valence-corrected chi connectivity index (χ3v) is 3.92. The van der Waals surface area contributed by atoms with Gasteiger partial charge in [0.05, 0.1) is 37.8 Å². The molecular weight excluding hydrogens is 322 g/mol. The Labute approximate surface area is 144 Å². The molecule has 0 saturated heterocycles. The first kappa shape index (κ1) is 16.6. The highest BCUT2D eigenvalue weighted by atomic mass is 16.5. The van der Waals surface area contributed by atoms with Crippen LogP contribution in [-0.4, -0.2) is 37.2 Å². The second-order valence-electron chi connectivity index (χ2n) is 5.31. The summed E-state index contributed by atoms with van der Waals surface area (Å²) in [5.74, 6) is 1.21. The minimum Gasteiger partial charge on any atom is -0.493 e. The van der Waals surface area contributed by atoms with Crippen LogP contribution in [0.2, 0.25) is 0 Å². The first-order valence-corrected chi connectivity index (χ1v) is 7.66. The number of methoxy groups -OCH3 is 3. The summed E-state index contributed by atoms with van der Waals surface area (Å²) in [5, 5.41) is 3.54. The van der Waals surface area contributed by atoms with Crippen LogP contribution >= 0.6 is 0 Å². The van der Waals surface area contributed by atoms with Gasteiger partial charge in [-0.25, -0.2) is 0 Å². The van der Waals surface area contributed by atoms with E-state index >= 15 is 0 Å². The lowest BCUT2D eigenvalue weighted by Crippen LogP contribution is -2.22. The summed E-state index contributed by atoms with van der Waals surface area (Å²) in [6, 6.07) is 5.48. The van der Waals surface area contributed by atoms with E-state index in [4.69, 9.17) is 14.2 Å². The van der Waals surface area contributed by atoms with Gasteiger partial charge in [0.25, 0.3) is 5.91 Å². The van der Waals surface area contributed by atoms with Gasteiger partial charge < -0.3 is 24.5 Å².